The molecular weight excluding hydrogens is 395 g/mol. The number of carbonyl (C=O) groups excluding carboxylic acids is 2. The molecule has 1 aliphatic rings. The molecule has 0 bridgehead atoms. The number of benzene rings is 1. The maximum Gasteiger partial charge on any atom is 0.417 e. The molecule has 1 aromatic carbocycles. The van der Waals surface area contributed by atoms with E-state index in [0.29, 0.717) is 12.5 Å². The Kier molecular flexibility index (Phi) is 7.46. The van der Waals surface area contributed by atoms with Crippen molar-refractivity contribution >= 4 is 19.6 Å². The second-order valence-electron chi connectivity index (χ2n) is 5.88. The van der Waals surface area contributed by atoms with E-state index in [4.69, 9.17) is 4.74 Å². The van der Waals surface area contributed by atoms with Crippen LogP contribution < -0.4 is 0 Å². The van der Waals surface area contributed by atoms with Crippen molar-refractivity contribution in [1.29, 1.82) is 0 Å². The fourth-order valence-electron chi connectivity index (χ4n) is 2.66. The number of amides is 2. The number of rotatable bonds is 9. The molecule has 154 valence electrons. The fourth-order valence-corrected chi connectivity index (χ4v) is 4.02. The molecule has 7 nitrogen and oxygen atoms in total. The van der Waals surface area contributed by atoms with Gasteiger partial charge < -0.3 is 13.8 Å². The van der Waals surface area contributed by atoms with Crippen LogP contribution in [0, 0.1) is 0 Å². The van der Waals surface area contributed by atoms with Crippen LogP contribution in [0.4, 0.5) is 13.6 Å². The Morgan fingerprint density at radius 1 is 1.29 bits per heavy atom. The number of imide groups is 1. The molecule has 2 rings (SSSR count). The van der Waals surface area contributed by atoms with E-state index >= 15 is 0 Å². The van der Waals surface area contributed by atoms with E-state index in [9.17, 15) is 22.9 Å². The van der Waals surface area contributed by atoms with Gasteiger partial charge in [0.1, 0.15) is 6.61 Å². The van der Waals surface area contributed by atoms with Gasteiger partial charge >= 0.3 is 19.4 Å². The molecule has 0 aromatic heterocycles. The number of halogens is 2. The third-order valence-corrected chi connectivity index (χ3v) is 5.98. The molecule has 1 saturated heterocycles. The minimum atomic E-state index is -4.80. The molecular formula is C18H22F2NO6P. The van der Waals surface area contributed by atoms with Crippen LogP contribution in [0.3, 0.4) is 0 Å². The number of hydrogen-bond acceptors (Lipinski definition) is 6. The van der Waals surface area contributed by atoms with Crippen LogP contribution in [0.5, 0.6) is 0 Å². The van der Waals surface area contributed by atoms with E-state index in [-0.39, 0.29) is 25.9 Å². The van der Waals surface area contributed by atoms with E-state index in [1.54, 1.807) is 12.1 Å². The highest BCUT2D eigenvalue weighted by Crippen LogP contribution is 2.62. The van der Waals surface area contributed by atoms with Crippen LogP contribution in [0.1, 0.15) is 19.4 Å². The highest BCUT2D eigenvalue weighted by atomic mass is 31.2. The van der Waals surface area contributed by atoms with Gasteiger partial charge in [-0.3, -0.25) is 9.36 Å². The van der Waals surface area contributed by atoms with Crippen molar-refractivity contribution in [3.8, 4) is 0 Å². The number of nitrogens with zero attached hydrogens (tertiary/aromatic N) is 1. The standard InChI is InChI=1S/C18H22F2NO6P/c1-3-26-28(24,27-4-2)18(19,20)11-10-16(22)21-15(13-25-17(21)23)12-14-8-6-5-7-9-14/h5-11,15H,3-4,12-13H2,1-2H3/b11-10+/t15-/m1/s1. The maximum atomic E-state index is 14.3. The van der Waals surface area contributed by atoms with Crippen molar-refractivity contribution in [2.24, 2.45) is 0 Å². The largest absolute Gasteiger partial charge is 0.447 e. The first-order chi connectivity index (χ1) is 13.2. The van der Waals surface area contributed by atoms with Crippen molar-refractivity contribution in [2.45, 2.75) is 32.0 Å². The highest BCUT2D eigenvalue weighted by molar-refractivity contribution is 7.55. The summed E-state index contributed by atoms with van der Waals surface area (Å²) < 4.78 is 55.1. The topological polar surface area (TPSA) is 82.1 Å². The summed E-state index contributed by atoms with van der Waals surface area (Å²) >= 11 is 0. The van der Waals surface area contributed by atoms with Gasteiger partial charge in [0.05, 0.1) is 19.3 Å². The van der Waals surface area contributed by atoms with Gasteiger partial charge in [-0.25, -0.2) is 9.69 Å². The molecule has 0 radical (unpaired) electrons. The number of ether oxygens (including phenoxy) is 1. The minimum absolute atomic E-state index is 0.0416. The van der Waals surface area contributed by atoms with Crippen molar-refractivity contribution < 1.29 is 36.7 Å². The SMILES string of the molecule is CCOP(=O)(OCC)C(F)(F)/C=C/C(=O)N1C(=O)OC[C@H]1Cc1ccccc1. The van der Waals surface area contributed by atoms with Crippen LogP contribution in [0.15, 0.2) is 42.5 Å². The fraction of sp³-hybridized carbons (Fsp3) is 0.444. The molecule has 1 aliphatic heterocycles. The van der Waals surface area contributed by atoms with Crippen LogP contribution in [0.2, 0.25) is 0 Å². The molecule has 1 heterocycles. The van der Waals surface area contributed by atoms with Crippen LogP contribution in [-0.2, 0) is 29.6 Å². The van der Waals surface area contributed by atoms with Gasteiger partial charge in [0.2, 0.25) is 0 Å². The first-order valence-corrected chi connectivity index (χ1v) is 10.3. The Bertz CT molecular complexity index is 761. The molecule has 0 aliphatic carbocycles. The third kappa shape index (κ3) is 5.04. The second kappa shape index (κ2) is 9.41. The van der Waals surface area contributed by atoms with Crippen molar-refractivity contribution in [3.63, 3.8) is 0 Å². The summed E-state index contributed by atoms with van der Waals surface area (Å²) in [6.45, 7) is 2.23. The van der Waals surface area contributed by atoms with Gasteiger partial charge in [-0.2, -0.15) is 8.78 Å². The summed E-state index contributed by atoms with van der Waals surface area (Å²) in [5.74, 6) is -0.998. The number of cyclic esters (lactones) is 1. The van der Waals surface area contributed by atoms with Crippen molar-refractivity contribution in [1.82, 2.24) is 4.90 Å². The zero-order valence-corrected chi connectivity index (χ0v) is 16.4. The first-order valence-electron chi connectivity index (χ1n) is 8.74. The summed E-state index contributed by atoms with van der Waals surface area (Å²) in [6, 6.07) is 8.43. The number of hydrogen-bond donors (Lipinski definition) is 0. The molecule has 10 heteroatoms. The highest BCUT2D eigenvalue weighted by Gasteiger charge is 2.51. The lowest BCUT2D eigenvalue weighted by Crippen LogP contribution is -2.39. The van der Waals surface area contributed by atoms with E-state index in [1.807, 2.05) is 18.2 Å². The molecule has 28 heavy (non-hydrogen) atoms. The van der Waals surface area contributed by atoms with Gasteiger partial charge in [0.15, 0.2) is 0 Å². The van der Waals surface area contributed by atoms with E-state index in [0.717, 1.165) is 10.5 Å². The predicted molar refractivity (Wildman–Crippen MR) is 97.1 cm³/mol. The van der Waals surface area contributed by atoms with Gasteiger partial charge in [0, 0.05) is 12.2 Å². The van der Waals surface area contributed by atoms with Gasteiger partial charge in [-0.15, -0.1) is 0 Å². The summed E-state index contributed by atoms with van der Waals surface area (Å²) in [5.41, 5.74) is -3.18. The Balaban J connectivity index is 2.16. The Morgan fingerprint density at radius 2 is 1.89 bits per heavy atom. The summed E-state index contributed by atoms with van der Waals surface area (Å²) in [4.78, 5) is 25.0. The summed E-state index contributed by atoms with van der Waals surface area (Å²) in [7, 11) is -4.80. The maximum absolute atomic E-state index is 14.3. The lowest BCUT2D eigenvalue weighted by Gasteiger charge is -2.23. The number of carbonyl (C=O) groups is 2. The Hall–Kier alpha value is -2.09. The zero-order valence-electron chi connectivity index (χ0n) is 15.5. The quantitative estimate of drug-likeness (QED) is 0.446. The monoisotopic (exact) mass is 417 g/mol. The van der Waals surface area contributed by atoms with E-state index in [1.165, 1.54) is 13.8 Å². The molecule has 0 spiro atoms. The van der Waals surface area contributed by atoms with Crippen LogP contribution in [0.25, 0.3) is 0 Å². The van der Waals surface area contributed by atoms with E-state index < -0.39 is 31.3 Å². The van der Waals surface area contributed by atoms with Crippen LogP contribution >= 0.6 is 7.60 Å². The summed E-state index contributed by atoms with van der Waals surface area (Å²) in [5, 5.41) is 0. The second-order valence-corrected chi connectivity index (χ2v) is 7.99. The molecule has 0 unspecified atom stereocenters. The molecule has 1 aromatic rings. The molecule has 1 fully saturated rings. The lowest BCUT2D eigenvalue weighted by atomic mass is 10.1. The lowest BCUT2D eigenvalue weighted by molar-refractivity contribution is -0.124. The molecule has 0 saturated carbocycles. The zero-order chi connectivity index (χ0) is 20.8. The minimum Gasteiger partial charge on any atom is -0.447 e. The normalized spacial score (nSPS) is 17.9. The van der Waals surface area contributed by atoms with E-state index in [2.05, 4.69) is 9.05 Å². The van der Waals surface area contributed by atoms with Crippen LogP contribution in [-0.4, -0.2) is 48.4 Å². The summed E-state index contributed by atoms with van der Waals surface area (Å²) in [6.07, 6.45) is 0.0394. The third-order valence-electron chi connectivity index (χ3n) is 3.90. The Morgan fingerprint density at radius 3 is 2.46 bits per heavy atom. The average Bonchev–Trinajstić information content (AvgIpc) is 3.01. The first kappa shape index (κ1) is 22.2. The number of allylic oxidation sites excluding steroid dienone is 1. The molecule has 1 atom stereocenters. The van der Waals surface area contributed by atoms with Crippen molar-refractivity contribution in [2.75, 3.05) is 19.8 Å². The predicted octanol–water partition coefficient (Wildman–Crippen LogP) is 3.99. The molecule has 0 N–H and O–H groups in total. The Labute approximate surface area is 161 Å². The van der Waals surface area contributed by atoms with Gasteiger partial charge in [0.25, 0.3) is 5.91 Å². The van der Waals surface area contributed by atoms with Crippen molar-refractivity contribution in [3.05, 3.63) is 48.0 Å². The molecule has 2 amide bonds. The van der Waals surface area contributed by atoms with Gasteiger partial charge in [-0.05, 0) is 25.8 Å². The smallest absolute Gasteiger partial charge is 0.417 e. The van der Waals surface area contributed by atoms with Gasteiger partial charge in [-0.1, -0.05) is 30.3 Å². The number of alkyl halides is 2. The average molecular weight is 417 g/mol.